The van der Waals surface area contributed by atoms with Crippen LogP contribution in [0, 0.1) is 13.8 Å². The Morgan fingerprint density at radius 2 is 2.00 bits per heavy atom. The summed E-state index contributed by atoms with van der Waals surface area (Å²) in [5.41, 5.74) is 3.92. The molecule has 0 aliphatic rings. The van der Waals surface area contributed by atoms with E-state index in [0.29, 0.717) is 17.9 Å². The number of benzene rings is 1. The average molecular weight is 339 g/mol. The molecule has 0 aliphatic heterocycles. The van der Waals surface area contributed by atoms with Crippen molar-refractivity contribution in [2.45, 2.75) is 33.8 Å². The van der Waals surface area contributed by atoms with Gasteiger partial charge in [-0.05, 0) is 38.0 Å². The number of hydrogen-bond acceptors (Lipinski definition) is 5. The van der Waals surface area contributed by atoms with Crippen LogP contribution in [-0.2, 0) is 13.0 Å². The molecule has 25 heavy (non-hydrogen) atoms. The highest BCUT2D eigenvalue weighted by molar-refractivity contribution is 5.81. The molecule has 130 valence electrons. The van der Waals surface area contributed by atoms with Crippen LogP contribution in [0.1, 0.15) is 29.3 Å². The number of aromatic nitrogens is 1. The van der Waals surface area contributed by atoms with Crippen molar-refractivity contribution in [2.24, 2.45) is 0 Å². The van der Waals surface area contributed by atoms with Crippen molar-refractivity contribution in [3.05, 3.63) is 63.3 Å². The fourth-order valence-electron chi connectivity index (χ4n) is 2.96. The first-order valence-corrected chi connectivity index (χ1v) is 8.22. The molecule has 0 amide bonds. The summed E-state index contributed by atoms with van der Waals surface area (Å²) in [6, 6.07) is 7.08. The van der Waals surface area contributed by atoms with E-state index in [4.69, 9.17) is 13.9 Å². The normalized spacial score (nSPS) is 10.9. The highest BCUT2D eigenvalue weighted by Crippen LogP contribution is 2.26. The molecule has 0 spiro atoms. The van der Waals surface area contributed by atoms with Crippen LogP contribution in [0.4, 0.5) is 0 Å². The van der Waals surface area contributed by atoms with E-state index in [1.54, 1.807) is 19.4 Å². The SMILES string of the molecule is CCc1cc(=O)oc2cc(OCc3ncc(C)c(OC)c3C)ccc12. The minimum atomic E-state index is -0.345. The number of aryl methyl sites for hydroxylation is 2. The lowest BCUT2D eigenvalue weighted by molar-refractivity contribution is 0.298. The summed E-state index contributed by atoms with van der Waals surface area (Å²) in [6.07, 6.45) is 2.55. The zero-order valence-corrected chi connectivity index (χ0v) is 14.9. The maximum absolute atomic E-state index is 11.7. The summed E-state index contributed by atoms with van der Waals surface area (Å²) < 4.78 is 16.6. The quantitative estimate of drug-likeness (QED) is 0.659. The molecule has 2 heterocycles. The zero-order valence-electron chi connectivity index (χ0n) is 14.9. The van der Waals surface area contributed by atoms with E-state index in [1.165, 1.54) is 6.07 Å². The van der Waals surface area contributed by atoms with Crippen molar-refractivity contribution < 1.29 is 13.9 Å². The molecule has 0 saturated heterocycles. The molecule has 0 radical (unpaired) electrons. The highest BCUT2D eigenvalue weighted by Gasteiger charge is 2.11. The third-order valence-electron chi connectivity index (χ3n) is 4.31. The Bertz CT molecular complexity index is 975. The maximum atomic E-state index is 11.7. The van der Waals surface area contributed by atoms with Gasteiger partial charge in [0, 0.05) is 34.8 Å². The van der Waals surface area contributed by atoms with Crippen molar-refractivity contribution in [1.29, 1.82) is 0 Å². The summed E-state index contributed by atoms with van der Waals surface area (Å²) in [6.45, 7) is 6.24. The lowest BCUT2D eigenvalue weighted by atomic mass is 10.1. The van der Waals surface area contributed by atoms with Crippen molar-refractivity contribution in [3.8, 4) is 11.5 Å². The maximum Gasteiger partial charge on any atom is 0.336 e. The number of fused-ring (bicyclic) bond motifs is 1. The van der Waals surface area contributed by atoms with E-state index in [-0.39, 0.29) is 5.63 Å². The molecule has 5 nitrogen and oxygen atoms in total. The molecule has 2 aromatic heterocycles. The number of ether oxygens (including phenoxy) is 2. The second-order valence-corrected chi connectivity index (χ2v) is 5.94. The number of nitrogens with zero attached hydrogens (tertiary/aromatic N) is 1. The van der Waals surface area contributed by atoms with E-state index in [0.717, 1.165) is 39.9 Å². The predicted octanol–water partition coefficient (Wildman–Crippen LogP) is 3.95. The molecular formula is C20H21NO4. The zero-order chi connectivity index (χ0) is 18.0. The number of pyridine rings is 1. The molecule has 5 heteroatoms. The molecule has 0 unspecified atom stereocenters. The summed E-state index contributed by atoms with van der Waals surface area (Å²) >= 11 is 0. The van der Waals surface area contributed by atoms with Crippen molar-refractivity contribution in [1.82, 2.24) is 4.98 Å². The van der Waals surface area contributed by atoms with Crippen molar-refractivity contribution >= 4 is 11.0 Å². The third-order valence-corrected chi connectivity index (χ3v) is 4.31. The molecule has 0 fully saturated rings. The van der Waals surface area contributed by atoms with E-state index in [9.17, 15) is 4.79 Å². The van der Waals surface area contributed by atoms with Gasteiger partial charge in [0.05, 0.1) is 12.8 Å². The van der Waals surface area contributed by atoms with E-state index < -0.39 is 0 Å². The number of hydrogen-bond donors (Lipinski definition) is 0. The van der Waals surface area contributed by atoms with Gasteiger partial charge in [-0.15, -0.1) is 0 Å². The van der Waals surface area contributed by atoms with Crippen LogP contribution >= 0.6 is 0 Å². The molecule has 0 aliphatic carbocycles. The fraction of sp³-hybridized carbons (Fsp3) is 0.300. The Hall–Kier alpha value is -2.82. The molecule has 0 saturated carbocycles. The number of methoxy groups -OCH3 is 1. The van der Waals surface area contributed by atoms with Crippen LogP contribution in [0.15, 0.2) is 39.7 Å². The monoisotopic (exact) mass is 339 g/mol. The van der Waals surface area contributed by atoms with Gasteiger partial charge >= 0.3 is 5.63 Å². The Kier molecular flexibility index (Phi) is 4.74. The highest BCUT2D eigenvalue weighted by atomic mass is 16.5. The first-order chi connectivity index (χ1) is 12.0. The van der Waals surface area contributed by atoms with Gasteiger partial charge in [0.1, 0.15) is 23.7 Å². The van der Waals surface area contributed by atoms with Gasteiger partial charge in [0.25, 0.3) is 0 Å². The average Bonchev–Trinajstić information content (AvgIpc) is 2.60. The standard InChI is InChI=1S/C20H21NO4/c1-5-14-8-19(22)25-18-9-15(6-7-16(14)18)24-11-17-13(3)20(23-4)12(2)10-21-17/h6-10H,5,11H2,1-4H3. The minimum absolute atomic E-state index is 0.311. The second kappa shape index (κ2) is 6.97. The van der Waals surface area contributed by atoms with Crippen molar-refractivity contribution in [3.63, 3.8) is 0 Å². The van der Waals surface area contributed by atoms with Gasteiger partial charge in [-0.3, -0.25) is 4.98 Å². The molecule has 1 aromatic carbocycles. The molecule has 3 aromatic rings. The van der Waals surface area contributed by atoms with Gasteiger partial charge in [-0.25, -0.2) is 4.79 Å². The molecule has 0 bridgehead atoms. The first-order valence-electron chi connectivity index (χ1n) is 8.22. The van der Waals surface area contributed by atoms with Crippen LogP contribution in [0.25, 0.3) is 11.0 Å². The minimum Gasteiger partial charge on any atom is -0.496 e. The Balaban J connectivity index is 1.88. The van der Waals surface area contributed by atoms with Crippen LogP contribution in [0.2, 0.25) is 0 Å². The van der Waals surface area contributed by atoms with Gasteiger partial charge in [0.15, 0.2) is 0 Å². The predicted molar refractivity (Wildman–Crippen MR) is 96.5 cm³/mol. The third kappa shape index (κ3) is 3.36. The van der Waals surface area contributed by atoms with Gasteiger partial charge in [0.2, 0.25) is 0 Å². The smallest absolute Gasteiger partial charge is 0.336 e. The topological polar surface area (TPSA) is 61.6 Å². The van der Waals surface area contributed by atoms with Crippen molar-refractivity contribution in [2.75, 3.05) is 7.11 Å². The number of rotatable bonds is 5. The molecule has 0 N–H and O–H groups in total. The van der Waals surface area contributed by atoms with Crippen LogP contribution < -0.4 is 15.1 Å². The molecule has 0 atom stereocenters. The van der Waals surface area contributed by atoms with Crippen LogP contribution in [-0.4, -0.2) is 12.1 Å². The van der Waals surface area contributed by atoms with E-state index in [1.807, 2.05) is 32.9 Å². The van der Waals surface area contributed by atoms with Crippen LogP contribution in [0.5, 0.6) is 11.5 Å². The first kappa shape index (κ1) is 17.0. The summed E-state index contributed by atoms with van der Waals surface area (Å²) in [4.78, 5) is 16.1. The molecular weight excluding hydrogens is 318 g/mol. The largest absolute Gasteiger partial charge is 0.496 e. The summed E-state index contributed by atoms with van der Waals surface area (Å²) in [5, 5.41) is 0.931. The Morgan fingerprint density at radius 1 is 1.20 bits per heavy atom. The van der Waals surface area contributed by atoms with Crippen LogP contribution in [0.3, 0.4) is 0 Å². The lowest BCUT2D eigenvalue weighted by Crippen LogP contribution is -2.04. The molecule has 3 rings (SSSR count). The van der Waals surface area contributed by atoms with E-state index in [2.05, 4.69) is 4.98 Å². The second-order valence-electron chi connectivity index (χ2n) is 5.94. The Morgan fingerprint density at radius 3 is 2.72 bits per heavy atom. The van der Waals surface area contributed by atoms with E-state index >= 15 is 0 Å². The lowest BCUT2D eigenvalue weighted by Gasteiger charge is -2.13. The Labute approximate surface area is 146 Å². The van der Waals surface area contributed by atoms with Gasteiger partial charge in [-0.2, -0.15) is 0 Å². The van der Waals surface area contributed by atoms with Gasteiger partial charge in [-0.1, -0.05) is 6.92 Å². The van der Waals surface area contributed by atoms with Gasteiger partial charge < -0.3 is 13.9 Å². The fourth-order valence-corrected chi connectivity index (χ4v) is 2.96. The summed E-state index contributed by atoms with van der Waals surface area (Å²) in [5.74, 6) is 1.45. The summed E-state index contributed by atoms with van der Waals surface area (Å²) in [7, 11) is 1.65.